The zero-order valence-corrected chi connectivity index (χ0v) is 14.3. The van der Waals surface area contributed by atoms with Crippen LogP contribution in [-0.2, 0) is 9.59 Å². The average molecular weight is 362 g/mol. The lowest BCUT2D eigenvalue weighted by Crippen LogP contribution is -2.35. The Morgan fingerprint density at radius 1 is 1.07 bits per heavy atom. The van der Waals surface area contributed by atoms with E-state index in [0.29, 0.717) is 22.4 Å². The van der Waals surface area contributed by atoms with Crippen molar-refractivity contribution in [3.05, 3.63) is 76.2 Å². The van der Waals surface area contributed by atoms with Crippen LogP contribution in [0.4, 0.5) is 5.69 Å². The molecule has 0 aliphatic carbocycles. The summed E-state index contributed by atoms with van der Waals surface area (Å²) in [5.41, 5.74) is 2.99. The average Bonchev–Trinajstić information content (AvgIpc) is 2.98. The number of hydrogen-bond donors (Lipinski definition) is 1. The second-order valence-corrected chi connectivity index (χ2v) is 5.86. The van der Waals surface area contributed by atoms with Crippen molar-refractivity contribution in [1.82, 2.24) is 5.43 Å². The molecule has 1 aromatic heterocycles. The molecule has 0 unspecified atom stereocenters. The smallest absolute Gasteiger partial charge is 0.282 e. The fourth-order valence-electron chi connectivity index (χ4n) is 2.82. The number of ether oxygens (including phenoxy) is 1. The summed E-state index contributed by atoms with van der Waals surface area (Å²) in [6.07, 6.45) is 2.47. The van der Waals surface area contributed by atoms with Crippen LogP contribution in [0.1, 0.15) is 5.56 Å². The molecule has 7 heteroatoms. The van der Waals surface area contributed by atoms with Gasteiger partial charge in [-0.15, -0.1) is 0 Å². The Morgan fingerprint density at radius 2 is 1.85 bits per heavy atom. The van der Waals surface area contributed by atoms with Crippen molar-refractivity contribution in [3.63, 3.8) is 0 Å². The first-order chi connectivity index (χ1) is 13.1. The van der Waals surface area contributed by atoms with Crippen LogP contribution in [0.3, 0.4) is 0 Å². The molecule has 0 atom stereocenters. The molecule has 134 valence electrons. The van der Waals surface area contributed by atoms with Gasteiger partial charge in [-0.2, -0.15) is 0 Å². The van der Waals surface area contributed by atoms with E-state index in [1.165, 1.54) is 19.4 Å². The molecule has 0 spiro atoms. The lowest BCUT2D eigenvalue weighted by molar-refractivity contribution is -0.117. The number of hydrogen-bond acceptors (Lipinski definition) is 5. The van der Waals surface area contributed by atoms with Gasteiger partial charge in [-0.25, -0.2) is 5.01 Å². The third-order valence-corrected chi connectivity index (χ3v) is 4.21. The zero-order chi connectivity index (χ0) is 19.0. The molecule has 1 aliphatic heterocycles. The number of benzene rings is 2. The minimum Gasteiger partial charge on any atom is -0.497 e. The van der Waals surface area contributed by atoms with Crippen LogP contribution in [0.25, 0.3) is 17.0 Å². The molecular weight excluding hydrogens is 348 g/mol. The lowest BCUT2D eigenvalue weighted by Gasteiger charge is -2.13. The lowest BCUT2D eigenvalue weighted by atomic mass is 10.1. The topological polar surface area (TPSA) is 88.8 Å². The minimum atomic E-state index is -0.589. The highest BCUT2D eigenvalue weighted by Gasteiger charge is 2.34. The standard InChI is InChI=1S/C20H14N2O5/c1-26-14-7-8-17-15(10-14)18(23)12(11-27-17)9-16-19(24)21-22(20(16)25)13-5-3-2-4-6-13/h2-11H,1H3,(H,21,24). The number of carbonyl (C=O) groups is 2. The van der Waals surface area contributed by atoms with E-state index >= 15 is 0 Å². The Hall–Kier alpha value is -3.87. The molecule has 2 aromatic carbocycles. The van der Waals surface area contributed by atoms with Crippen molar-refractivity contribution < 1.29 is 18.7 Å². The number of fused-ring (bicyclic) bond motifs is 1. The van der Waals surface area contributed by atoms with Gasteiger partial charge < -0.3 is 9.15 Å². The van der Waals surface area contributed by atoms with Crippen molar-refractivity contribution in [2.45, 2.75) is 0 Å². The summed E-state index contributed by atoms with van der Waals surface area (Å²) < 4.78 is 10.6. The number of nitrogens with zero attached hydrogens (tertiary/aromatic N) is 1. The van der Waals surface area contributed by atoms with E-state index in [4.69, 9.17) is 9.15 Å². The van der Waals surface area contributed by atoms with E-state index in [9.17, 15) is 14.4 Å². The fraction of sp³-hybridized carbons (Fsp3) is 0.0500. The number of rotatable bonds is 3. The van der Waals surface area contributed by atoms with Crippen molar-refractivity contribution in [1.29, 1.82) is 0 Å². The highest BCUT2D eigenvalue weighted by atomic mass is 16.5. The van der Waals surface area contributed by atoms with Gasteiger partial charge in [0.05, 0.1) is 23.7 Å². The minimum absolute atomic E-state index is 0.101. The summed E-state index contributed by atoms with van der Waals surface area (Å²) in [7, 11) is 1.49. The van der Waals surface area contributed by atoms with Crippen LogP contribution in [0, 0.1) is 0 Å². The Balaban J connectivity index is 1.77. The monoisotopic (exact) mass is 362 g/mol. The van der Waals surface area contributed by atoms with Gasteiger partial charge in [-0.1, -0.05) is 18.2 Å². The molecule has 0 bridgehead atoms. The first-order valence-electron chi connectivity index (χ1n) is 8.10. The number of amides is 2. The van der Waals surface area contributed by atoms with Gasteiger partial charge >= 0.3 is 0 Å². The summed E-state index contributed by atoms with van der Waals surface area (Å²) in [5.74, 6) is -0.630. The Labute approximate surface area is 153 Å². The van der Waals surface area contributed by atoms with Gasteiger partial charge in [0, 0.05) is 0 Å². The van der Waals surface area contributed by atoms with Gasteiger partial charge in [-0.05, 0) is 36.4 Å². The first kappa shape index (κ1) is 16.6. The summed E-state index contributed by atoms with van der Waals surface area (Å²) in [5, 5.41) is 1.44. The van der Waals surface area contributed by atoms with Crippen LogP contribution in [-0.4, -0.2) is 18.9 Å². The number of anilines is 1. The molecular formula is C20H14N2O5. The first-order valence-corrected chi connectivity index (χ1v) is 8.10. The maximum atomic E-state index is 12.7. The number of methoxy groups -OCH3 is 1. The number of hydrazine groups is 1. The number of carbonyl (C=O) groups excluding carboxylic acids is 2. The SMILES string of the molecule is COc1ccc2occ(C=C3C(=O)NN(c4ccccc4)C3=O)c(=O)c2c1. The molecule has 2 amide bonds. The van der Waals surface area contributed by atoms with E-state index < -0.39 is 11.8 Å². The van der Waals surface area contributed by atoms with Crippen molar-refractivity contribution >= 4 is 34.5 Å². The highest BCUT2D eigenvalue weighted by Crippen LogP contribution is 2.22. The van der Waals surface area contributed by atoms with Gasteiger partial charge in [0.25, 0.3) is 11.8 Å². The fourth-order valence-corrected chi connectivity index (χ4v) is 2.82. The largest absolute Gasteiger partial charge is 0.497 e. The van der Waals surface area contributed by atoms with Crippen LogP contribution in [0.15, 0.2) is 69.6 Å². The molecule has 2 heterocycles. The maximum absolute atomic E-state index is 12.7. The molecule has 4 rings (SSSR count). The number of para-hydroxylation sites is 1. The zero-order valence-electron chi connectivity index (χ0n) is 14.3. The third-order valence-electron chi connectivity index (χ3n) is 4.21. The van der Waals surface area contributed by atoms with Crippen LogP contribution in [0.2, 0.25) is 0 Å². The van der Waals surface area contributed by atoms with Crippen LogP contribution in [0.5, 0.6) is 5.75 Å². The Morgan fingerprint density at radius 3 is 2.59 bits per heavy atom. The Kier molecular flexibility index (Phi) is 3.97. The molecule has 1 aliphatic rings. The predicted octanol–water partition coefficient (Wildman–Crippen LogP) is 2.26. The van der Waals surface area contributed by atoms with E-state index in [1.807, 2.05) is 0 Å². The Bertz CT molecular complexity index is 1150. The normalized spacial score (nSPS) is 15.4. The van der Waals surface area contributed by atoms with Gasteiger partial charge in [0.15, 0.2) is 5.43 Å². The molecule has 27 heavy (non-hydrogen) atoms. The van der Waals surface area contributed by atoms with Crippen molar-refractivity contribution in [3.8, 4) is 5.75 Å². The van der Waals surface area contributed by atoms with E-state index in [-0.39, 0.29) is 16.6 Å². The second kappa shape index (κ2) is 6.45. The molecule has 1 fully saturated rings. The van der Waals surface area contributed by atoms with E-state index in [0.717, 1.165) is 5.01 Å². The second-order valence-electron chi connectivity index (χ2n) is 5.86. The molecule has 0 radical (unpaired) electrons. The molecule has 3 aromatic rings. The molecule has 1 N–H and O–H groups in total. The van der Waals surface area contributed by atoms with Crippen LogP contribution >= 0.6 is 0 Å². The summed E-state index contributed by atoms with van der Waals surface area (Å²) in [4.78, 5) is 37.6. The molecule has 0 saturated carbocycles. The molecule has 1 saturated heterocycles. The third kappa shape index (κ3) is 2.85. The maximum Gasteiger partial charge on any atom is 0.282 e. The number of nitrogens with one attached hydrogen (secondary N) is 1. The molecule has 7 nitrogen and oxygen atoms in total. The summed E-state index contributed by atoms with van der Waals surface area (Å²) in [6, 6.07) is 13.5. The summed E-state index contributed by atoms with van der Waals surface area (Å²) >= 11 is 0. The van der Waals surface area contributed by atoms with Crippen molar-refractivity contribution in [2.24, 2.45) is 0 Å². The van der Waals surface area contributed by atoms with Crippen molar-refractivity contribution in [2.75, 3.05) is 12.1 Å². The quantitative estimate of drug-likeness (QED) is 0.570. The van der Waals surface area contributed by atoms with E-state index in [1.54, 1.807) is 48.5 Å². The highest BCUT2D eigenvalue weighted by molar-refractivity contribution is 6.31. The van der Waals surface area contributed by atoms with Gasteiger partial charge in [0.1, 0.15) is 23.2 Å². The van der Waals surface area contributed by atoms with Crippen LogP contribution < -0.4 is 20.6 Å². The van der Waals surface area contributed by atoms with Gasteiger partial charge in [0.2, 0.25) is 0 Å². The summed E-state index contributed by atoms with van der Waals surface area (Å²) in [6.45, 7) is 0. The van der Waals surface area contributed by atoms with Gasteiger partial charge in [-0.3, -0.25) is 19.8 Å². The predicted molar refractivity (Wildman–Crippen MR) is 99.1 cm³/mol. The van der Waals surface area contributed by atoms with E-state index in [2.05, 4.69) is 5.43 Å².